The Balaban J connectivity index is 2.07. The summed E-state index contributed by atoms with van der Waals surface area (Å²) in [5, 5.41) is 6.99. The van der Waals surface area contributed by atoms with Crippen LogP contribution in [0.2, 0.25) is 0 Å². The van der Waals surface area contributed by atoms with E-state index in [0.717, 1.165) is 0 Å². The predicted octanol–water partition coefficient (Wildman–Crippen LogP) is 3.49. The molecular weight excluding hydrogens is 297 g/mol. The van der Waals surface area contributed by atoms with Gasteiger partial charge in [0.2, 0.25) is 0 Å². The average molecular weight is 319 g/mol. The Morgan fingerprint density at radius 1 is 1.39 bits per heavy atom. The Bertz CT molecular complexity index is 682. The van der Waals surface area contributed by atoms with Gasteiger partial charge in [-0.15, -0.1) is 0 Å². The molecular formula is C17H22FN3O2. The summed E-state index contributed by atoms with van der Waals surface area (Å²) in [4.78, 5) is 12.2. The first-order valence-corrected chi connectivity index (χ1v) is 7.69. The lowest BCUT2D eigenvalue weighted by Gasteiger charge is -2.15. The summed E-state index contributed by atoms with van der Waals surface area (Å²) in [5.41, 5.74) is 1.16. The quantitative estimate of drug-likeness (QED) is 0.886. The van der Waals surface area contributed by atoms with Crippen LogP contribution in [0.5, 0.6) is 5.75 Å². The molecule has 23 heavy (non-hydrogen) atoms. The van der Waals surface area contributed by atoms with E-state index in [4.69, 9.17) is 4.74 Å². The topological polar surface area (TPSA) is 56.1 Å². The summed E-state index contributed by atoms with van der Waals surface area (Å²) >= 11 is 0. The predicted molar refractivity (Wildman–Crippen MR) is 86.1 cm³/mol. The monoisotopic (exact) mass is 319 g/mol. The minimum absolute atomic E-state index is 0.189. The zero-order valence-corrected chi connectivity index (χ0v) is 13.8. The van der Waals surface area contributed by atoms with E-state index >= 15 is 0 Å². The number of aromatic nitrogens is 2. The largest absolute Gasteiger partial charge is 0.491 e. The summed E-state index contributed by atoms with van der Waals surface area (Å²) < 4.78 is 20.8. The first kappa shape index (κ1) is 17.0. The molecule has 1 atom stereocenters. The molecule has 0 radical (unpaired) electrons. The second-order valence-corrected chi connectivity index (χ2v) is 5.62. The van der Waals surface area contributed by atoms with Crippen molar-refractivity contribution in [2.24, 2.45) is 0 Å². The molecule has 0 aliphatic heterocycles. The molecule has 124 valence electrons. The third-order valence-corrected chi connectivity index (χ3v) is 3.50. The van der Waals surface area contributed by atoms with Crippen LogP contribution in [0.25, 0.3) is 0 Å². The van der Waals surface area contributed by atoms with Crippen molar-refractivity contribution in [1.29, 1.82) is 0 Å². The van der Waals surface area contributed by atoms with E-state index < -0.39 is 5.82 Å². The summed E-state index contributed by atoms with van der Waals surface area (Å²) in [7, 11) is 0. The Morgan fingerprint density at radius 3 is 2.70 bits per heavy atom. The summed E-state index contributed by atoms with van der Waals surface area (Å²) in [6.45, 7) is 7.98. The molecule has 1 aromatic heterocycles. The molecule has 0 fully saturated rings. The van der Waals surface area contributed by atoms with Crippen molar-refractivity contribution in [3.05, 3.63) is 47.5 Å². The van der Waals surface area contributed by atoms with E-state index in [1.165, 1.54) is 12.3 Å². The first-order valence-electron chi connectivity index (χ1n) is 7.69. The number of ether oxygens (including phenoxy) is 1. The van der Waals surface area contributed by atoms with Gasteiger partial charge in [0, 0.05) is 12.2 Å². The van der Waals surface area contributed by atoms with Crippen LogP contribution >= 0.6 is 0 Å². The zero-order chi connectivity index (χ0) is 17.0. The van der Waals surface area contributed by atoms with Crippen LogP contribution in [0.4, 0.5) is 4.39 Å². The molecule has 2 aromatic rings. The SMILES string of the molecule is CCOc1ccc([C@H](C)NC(=O)c2cnn(C(C)C)c2)cc1F. The minimum Gasteiger partial charge on any atom is -0.491 e. The molecule has 2 rings (SSSR count). The van der Waals surface area contributed by atoms with Crippen LogP contribution < -0.4 is 10.1 Å². The Kier molecular flexibility index (Phi) is 5.36. The summed E-state index contributed by atoms with van der Waals surface area (Å²) in [6, 6.07) is 4.57. The molecule has 0 bridgehead atoms. The van der Waals surface area contributed by atoms with Gasteiger partial charge < -0.3 is 10.1 Å². The summed E-state index contributed by atoms with van der Waals surface area (Å²) in [6.07, 6.45) is 3.23. The van der Waals surface area contributed by atoms with E-state index in [1.807, 2.05) is 13.8 Å². The highest BCUT2D eigenvalue weighted by molar-refractivity contribution is 5.93. The molecule has 1 aromatic carbocycles. The van der Waals surface area contributed by atoms with Crippen LogP contribution in [0, 0.1) is 5.82 Å². The lowest BCUT2D eigenvalue weighted by molar-refractivity contribution is 0.0939. The fourth-order valence-electron chi connectivity index (χ4n) is 2.16. The number of carbonyl (C=O) groups is 1. The molecule has 1 heterocycles. The van der Waals surface area contributed by atoms with Crippen molar-refractivity contribution in [3.8, 4) is 5.75 Å². The lowest BCUT2D eigenvalue weighted by atomic mass is 10.1. The molecule has 1 N–H and O–H groups in total. The van der Waals surface area contributed by atoms with Gasteiger partial charge in [0.25, 0.3) is 5.91 Å². The van der Waals surface area contributed by atoms with Crippen LogP contribution in [0.15, 0.2) is 30.6 Å². The maximum atomic E-state index is 13.9. The van der Waals surface area contributed by atoms with E-state index in [-0.39, 0.29) is 23.7 Å². The molecule has 5 nitrogen and oxygen atoms in total. The van der Waals surface area contributed by atoms with Gasteiger partial charge in [-0.25, -0.2) is 4.39 Å². The van der Waals surface area contributed by atoms with E-state index in [9.17, 15) is 9.18 Å². The molecule has 6 heteroatoms. The molecule has 0 aliphatic rings. The first-order chi connectivity index (χ1) is 10.9. The average Bonchev–Trinajstić information content (AvgIpc) is 2.99. The number of nitrogens with one attached hydrogen (secondary N) is 1. The normalized spacial score (nSPS) is 12.3. The van der Waals surface area contributed by atoms with E-state index in [2.05, 4.69) is 10.4 Å². The maximum absolute atomic E-state index is 13.9. The molecule has 1 amide bonds. The highest BCUT2D eigenvalue weighted by Gasteiger charge is 2.15. The van der Waals surface area contributed by atoms with Crippen molar-refractivity contribution in [1.82, 2.24) is 15.1 Å². The van der Waals surface area contributed by atoms with E-state index in [0.29, 0.717) is 17.7 Å². The number of hydrogen-bond donors (Lipinski definition) is 1. The number of nitrogens with zero attached hydrogens (tertiary/aromatic N) is 2. The fourth-order valence-corrected chi connectivity index (χ4v) is 2.16. The lowest BCUT2D eigenvalue weighted by Crippen LogP contribution is -2.26. The molecule has 0 saturated heterocycles. The highest BCUT2D eigenvalue weighted by atomic mass is 19.1. The zero-order valence-electron chi connectivity index (χ0n) is 13.8. The van der Waals surface area contributed by atoms with Crippen LogP contribution in [0.3, 0.4) is 0 Å². The number of carbonyl (C=O) groups excluding carboxylic acids is 1. The third-order valence-electron chi connectivity index (χ3n) is 3.50. The van der Waals surface area contributed by atoms with Gasteiger partial charge in [0.1, 0.15) is 0 Å². The minimum atomic E-state index is -0.432. The van der Waals surface area contributed by atoms with Crippen molar-refractivity contribution < 1.29 is 13.9 Å². The van der Waals surface area contributed by atoms with Gasteiger partial charge in [0.05, 0.1) is 24.4 Å². The molecule has 0 spiro atoms. The van der Waals surface area contributed by atoms with Crippen LogP contribution in [-0.2, 0) is 0 Å². The number of halogens is 1. The second-order valence-electron chi connectivity index (χ2n) is 5.62. The van der Waals surface area contributed by atoms with Crippen molar-refractivity contribution in [2.75, 3.05) is 6.61 Å². The van der Waals surface area contributed by atoms with Gasteiger partial charge in [-0.3, -0.25) is 9.48 Å². The number of benzene rings is 1. The number of amides is 1. The van der Waals surface area contributed by atoms with E-state index in [1.54, 1.807) is 36.9 Å². The van der Waals surface area contributed by atoms with Gasteiger partial charge in [0.15, 0.2) is 11.6 Å². The van der Waals surface area contributed by atoms with Gasteiger partial charge in [-0.2, -0.15) is 5.10 Å². The summed E-state index contributed by atoms with van der Waals surface area (Å²) in [5.74, 6) is -0.454. The highest BCUT2D eigenvalue weighted by Crippen LogP contribution is 2.22. The standard InChI is InChI=1S/C17H22FN3O2/c1-5-23-16-7-6-13(8-15(16)18)12(4)20-17(22)14-9-19-21(10-14)11(2)3/h6-12H,5H2,1-4H3,(H,20,22)/t12-/m0/s1. The van der Waals surface area contributed by atoms with Gasteiger partial charge in [-0.05, 0) is 45.4 Å². The Hall–Kier alpha value is -2.37. The van der Waals surface area contributed by atoms with Crippen molar-refractivity contribution in [2.45, 2.75) is 39.8 Å². The second kappa shape index (κ2) is 7.26. The van der Waals surface area contributed by atoms with Gasteiger partial charge in [-0.1, -0.05) is 6.07 Å². The Morgan fingerprint density at radius 2 is 2.13 bits per heavy atom. The van der Waals surface area contributed by atoms with Crippen LogP contribution in [-0.4, -0.2) is 22.3 Å². The van der Waals surface area contributed by atoms with Crippen molar-refractivity contribution in [3.63, 3.8) is 0 Å². The molecule has 0 saturated carbocycles. The number of rotatable bonds is 6. The van der Waals surface area contributed by atoms with Crippen LogP contribution in [0.1, 0.15) is 55.7 Å². The molecule has 0 aliphatic carbocycles. The van der Waals surface area contributed by atoms with Crippen molar-refractivity contribution >= 4 is 5.91 Å². The van der Waals surface area contributed by atoms with Gasteiger partial charge >= 0.3 is 0 Å². The Labute approximate surface area is 135 Å². The maximum Gasteiger partial charge on any atom is 0.254 e. The molecule has 0 unspecified atom stereocenters. The number of hydrogen-bond acceptors (Lipinski definition) is 3. The third kappa shape index (κ3) is 4.09. The smallest absolute Gasteiger partial charge is 0.254 e. The fraction of sp³-hybridized carbons (Fsp3) is 0.412.